The van der Waals surface area contributed by atoms with Gasteiger partial charge in [-0.05, 0) is 65.9 Å². The van der Waals surface area contributed by atoms with E-state index >= 15 is 0 Å². The van der Waals surface area contributed by atoms with E-state index in [-0.39, 0.29) is 0 Å². The summed E-state index contributed by atoms with van der Waals surface area (Å²) in [4.78, 5) is 0. The molecule has 2 aliphatic heterocycles. The van der Waals surface area contributed by atoms with Gasteiger partial charge in [-0.1, -0.05) is 49.4 Å². The minimum Gasteiger partial charge on any atom is -0.159 e. The third kappa shape index (κ3) is 4.29. The number of hydrogen-bond donors (Lipinski definition) is 0. The van der Waals surface area contributed by atoms with Gasteiger partial charge in [0.2, 0.25) is 0 Å². The lowest BCUT2D eigenvalue weighted by molar-refractivity contribution is 0.949. The molecule has 120 valence electrons. The van der Waals surface area contributed by atoms with E-state index in [4.69, 9.17) is 21.4 Å². The van der Waals surface area contributed by atoms with Crippen LogP contribution in [0, 0.1) is 0 Å². The fourth-order valence-electron chi connectivity index (χ4n) is 3.31. The van der Waals surface area contributed by atoms with Crippen LogP contribution in [0.25, 0.3) is 0 Å². The van der Waals surface area contributed by atoms with Crippen LogP contribution in [0.4, 0.5) is 0 Å². The Hall–Kier alpha value is 0.980. The SMILES string of the molecule is ClS1(Cc2ccc(CS3(Cl)CCCC3)c(Br)c2)CCCC1. The second kappa shape index (κ2) is 6.84. The van der Waals surface area contributed by atoms with E-state index in [1.54, 1.807) is 0 Å². The van der Waals surface area contributed by atoms with Crippen LogP contribution in [0.15, 0.2) is 22.7 Å². The standard InChI is InChI=1S/C16H23BrCl2S2/c17-16-11-14(12-20(18)7-1-2-8-20)5-6-15(16)13-21(19)9-3-4-10-21/h5-6,11H,1-4,7-10,12-13H2. The summed E-state index contributed by atoms with van der Waals surface area (Å²) < 4.78 is 1.23. The zero-order valence-electron chi connectivity index (χ0n) is 12.3. The first kappa shape index (κ1) is 16.8. The van der Waals surface area contributed by atoms with Gasteiger partial charge in [0.15, 0.2) is 0 Å². The van der Waals surface area contributed by atoms with E-state index in [1.165, 1.54) is 64.3 Å². The summed E-state index contributed by atoms with van der Waals surface area (Å²) >= 11 is 3.77. The molecule has 3 rings (SSSR count). The van der Waals surface area contributed by atoms with Crippen LogP contribution >= 0.6 is 55.8 Å². The van der Waals surface area contributed by atoms with Crippen molar-refractivity contribution in [2.45, 2.75) is 37.2 Å². The largest absolute Gasteiger partial charge is 0.159 e. The molecule has 2 aliphatic rings. The molecule has 0 amide bonds. The number of hydrogen-bond acceptors (Lipinski definition) is 0. The molecule has 5 heteroatoms. The van der Waals surface area contributed by atoms with Gasteiger partial charge in [0.05, 0.1) is 0 Å². The molecule has 0 N–H and O–H groups in total. The Morgan fingerprint density at radius 1 is 0.857 bits per heavy atom. The van der Waals surface area contributed by atoms with Crippen molar-refractivity contribution in [1.29, 1.82) is 0 Å². The average molecular weight is 430 g/mol. The number of halogens is 3. The third-order valence-electron chi connectivity index (χ3n) is 4.50. The highest BCUT2D eigenvalue weighted by Gasteiger charge is 2.28. The molecule has 0 unspecified atom stereocenters. The van der Waals surface area contributed by atoms with Crippen molar-refractivity contribution >= 4 is 55.8 Å². The Bertz CT molecular complexity index is 509. The lowest BCUT2D eigenvalue weighted by atomic mass is 10.2. The summed E-state index contributed by atoms with van der Waals surface area (Å²) in [5, 5.41) is 0. The maximum atomic E-state index is 6.82. The third-order valence-corrected chi connectivity index (χ3v) is 13.5. The molecule has 0 radical (unpaired) electrons. The fourth-order valence-corrected chi connectivity index (χ4v) is 11.6. The monoisotopic (exact) mass is 428 g/mol. The predicted molar refractivity (Wildman–Crippen MR) is 106 cm³/mol. The second-order valence-corrected chi connectivity index (χ2v) is 17.1. The summed E-state index contributed by atoms with van der Waals surface area (Å²) in [6, 6.07) is 6.85. The lowest BCUT2D eigenvalue weighted by Crippen LogP contribution is -2.01. The highest BCUT2D eigenvalue weighted by Crippen LogP contribution is 2.62. The van der Waals surface area contributed by atoms with Crippen LogP contribution in [-0.2, 0) is 11.5 Å². The minimum absolute atomic E-state index is 0.890. The van der Waals surface area contributed by atoms with E-state index in [1.807, 2.05) is 0 Å². The first-order valence-corrected chi connectivity index (χ1v) is 14.4. The van der Waals surface area contributed by atoms with E-state index < -0.39 is 18.5 Å². The van der Waals surface area contributed by atoms with Gasteiger partial charge in [-0.2, -0.15) is 18.5 Å². The minimum atomic E-state index is -0.905. The molecule has 0 spiro atoms. The van der Waals surface area contributed by atoms with Crippen LogP contribution in [0.1, 0.15) is 36.8 Å². The van der Waals surface area contributed by atoms with Gasteiger partial charge in [-0.3, -0.25) is 0 Å². The van der Waals surface area contributed by atoms with Crippen LogP contribution in [0.3, 0.4) is 0 Å². The molecule has 1 aromatic carbocycles. The van der Waals surface area contributed by atoms with Gasteiger partial charge in [0.1, 0.15) is 0 Å². The van der Waals surface area contributed by atoms with E-state index in [0.717, 1.165) is 11.5 Å². The normalized spacial score (nSPS) is 26.6. The smallest absolute Gasteiger partial charge is 0.0218 e. The van der Waals surface area contributed by atoms with E-state index in [9.17, 15) is 0 Å². The first-order chi connectivity index (χ1) is 9.98. The second-order valence-electron chi connectivity index (χ2n) is 6.32. The number of benzene rings is 1. The van der Waals surface area contributed by atoms with Crippen LogP contribution in [0.5, 0.6) is 0 Å². The van der Waals surface area contributed by atoms with Crippen molar-refractivity contribution in [2.24, 2.45) is 0 Å². The molecule has 0 saturated carbocycles. The summed E-state index contributed by atoms with van der Waals surface area (Å²) in [7, 11) is 11.8. The van der Waals surface area contributed by atoms with Crippen molar-refractivity contribution in [2.75, 3.05) is 23.0 Å². The summed E-state index contributed by atoms with van der Waals surface area (Å²) in [5.41, 5.74) is 2.78. The van der Waals surface area contributed by atoms with Crippen LogP contribution in [0.2, 0.25) is 0 Å². The molecule has 1 aromatic rings. The van der Waals surface area contributed by atoms with E-state index in [2.05, 4.69) is 34.1 Å². The molecule has 21 heavy (non-hydrogen) atoms. The maximum Gasteiger partial charge on any atom is 0.0218 e. The van der Waals surface area contributed by atoms with Crippen LogP contribution in [-0.4, -0.2) is 23.0 Å². The van der Waals surface area contributed by atoms with Crippen molar-refractivity contribution in [1.82, 2.24) is 0 Å². The first-order valence-electron chi connectivity index (χ1n) is 7.67. The Kier molecular flexibility index (Phi) is 5.48. The quantitative estimate of drug-likeness (QED) is 0.485. The maximum absolute atomic E-state index is 6.82. The van der Waals surface area contributed by atoms with Gasteiger partial charge in [0.25, 0.3) is 0 Å². The highest BCUT2D eigenvalue weighted by atomic mass is 79.9. The predicted octanol–water partition coefficient (Wildman–Crippen LogP) is 6.95. The Morgan fingerprint density at radius 3 is 1.90 bits per heavy atom. The topological polar surface area (TPSA) is 0 Å². The van der Waals surface area contributed by atoms with Crippen LogP contribution < -0.4 is 0 Å². The molecule has 0 nitrogen and oxygen atoms in total. The van der Waals surface area contributed by atoms with Crippen molar-refractivity contribution in [3.63, 3.8) is 0 Å². The summed E-state index contributed by atoms with van der Waals surface area (Å²) in [6.45, 7) is 0. The zero-order valence-corrected chi connectivity index (χ0v) is 17.0. The molecule has 2 saturated heterocycles. The molecule has 0 aromatic heterocycles. The van der Waals surface area contributed by atoms with Gasteiger partial charge < -0.3 is 0 Å². The van der Waals surface area contributed by atoms with Crippen molar-refractivity contribution in [3.8, 4) is 0 Å². The lowest BCUT2D eigenvalue weighted by Gasteiger charge is -2.29. The molecule has 2 fully saturated rings. The molecule has 0 bridgehead atoms. The van der Waals surface area contributed by atoms with E-state index in [0.29, 0.717) is 0 Å². The fraction of sp³-hybridized carbons (Fsp3) is 0.625. The average Bonchev–Trinajstić information content (AvgIpc) is 3.03. The van der Waals surface area contributed by atoms with Gasteiger partial charge >= 0.3 is 0 Å². The van der Waals surface area contributed by atoms with Gasteiger partial charge in [-0.25, -0.2) is 0 Å². The molecular formula is C16H23BrCl2S2. The molecule has 2 heterocycles. The summed E-state index contributed by atoms with van der Waals surface area (Å²) in [5.74, 6) is 7.09. The summed E-state index contributed by atoms with van der Waals surface area (Å²) in [6.07, 6.45) is 5.26. The Labute approximate surface area is 149 Å². The number of rotatable bonds is 4. The van der Waals surface area contributed by atoms with Gasteiger partial charge in [-0.15, -0.1) is 0 Å². The van der Waals surface area contributed by atoms with Crippen molar-refractivity contribution < 1.29 is 0 Å². The highest BCUT2D eigenvalue weighted by molar-refractivity contribution is 9.10. The molecular weight excluding hydrogens is 407 g/mol. The molecule has 0 atom stereocenters. The Morgan fingerprint density at radius 2 is 1.38 bits per heavy atom. The van der Waals surface area contributed by atoms with Crippen molar-refractivity contribution in [3.05, 3.63) is 33.8 Å². The zero-order chi connectivity index (χ0) is 14.9. The molecule has 0 aliphatic carbocycles. The Balaban J connectivity index is 1.70. The van der Waals surface area contributed by atoms with Gasteiger partial charge in [0, 0.05) is 16.0 Å².